The van der Waals surface area contributed by atoms with Crippen molar-refractivity contribution < 1.29 is 28.6 Å². The lowest BCUT2D eigenvalue weighted by Gasteiger charge is -2.33. The summed E-state index contributed by atoms with van der Waals surface area (Å²) in [6.07, 6.45) is 0.773. The monoisotopic (exact) mass is 403 g/mol. The Morgan fingerprint density at radius 2 is 1.72 bits per heavy atom. The van der Waals surface area contributed by atoms with Gasteiger partial charge in [-0.1, -0.05) is 30.3 Å². The Morgan fingerprint density at radius 1 is 1.03 bits per heavy atom. The molecule has 0 aliphatic heterocycles. The fourth-order valence-electron chi connectivity index (χ4n) is 4.61. The van der Waals surface area contributed by atoms with E-state index in [0.717, 1.165) is 5.56 Å². The molecule has 1 N–H and O–H groups in total. The van der Waals surface area contributed by atoms with Crippen LogP contribution in [0.25, 0.3) is 0 Å². The zero-order chi connectivity index (χ0) is 21.2. The largest absolute Gasteiger partial charge is 0.469 e. The average Bonchev–Trinajstić information content (AvgIpc) is 3.22. The van der Waals surface area contributed by atoms with Crippen molar-refractivity contribution in [3.8, 4) is 0 Å². The molecule has 0 radical (unpaired) electrons. The topological polar surface area (TPSA) is 90.9 Å². The molecule has 5 atom stereocenters. The normalized spacial score (nSPS) is 27.9. The summed E-state index contributed by atoms with van der Waals surface area (Å²) in [5, 5.41) is 2.87. The molecule has 3 rings (SSSR count). The summed E-state index contributed by atoms with van der Waals surface area (Å²) in [6.45, 7) is 5.55. The Hall–Kier alpha value is -2.57. The first-order valence-corrected chi connectivity index (χ1v) is 9.97. The molecule has 1 aromatic rings. The van der Waals surface area contributed by atoms with Gasteiger partial charge in [0.05, 0.1) is 18.9 Å². The molecule has 2 unspecified atom stereocenters. The van der Waals surface area contributed by atoms with E-state index in [1.54, 1.807) is 20.8 Å². The predicted molar refractivity (Wildman–Crippen MR) is 105 cm³/mol. The van der Waals surface area contributed by atoms with Crippen LogP contribution in [0.2, 0.25) is 0 Å². The van der Waals surface area contributed by atoms with Gasteiger partial charge in [-0.2, -0.15) is 0 Å². The number of alkyl carbamates (subject to hydrolysis) is 1. The van der Waals surface area contributed by atoms with Crippen LogP contribution < -0.4 is 5.32 Å². The molecular formula is C22H29NO6. The van der Waals surface area contributed by atoms with E-state index in [0.29, 0.717) is 12.8 Å². The molecule has 0 heterocycles. The van der Waals surface area contributed by atoms with Crippen LogP contribution in [-0.4, -0.2) is 36.8 Å². The number of esters is 2. The quantitative estimate of drug-likeness (QED) is 0.600. The van der Waals surface area contributed by atoms with Gasteiger partial charge in [0.2, 0.25) is 0 Å². The van der Waals surface area contributed by atoms with E-state index >= 15 is 0 Å². The third-order valence-corrected chi connectivity index (χ3v) is 5.68. The Balaban J connectivity index is 1.67. The smallest absolute Gasteiger partial charge is 0.407 e. The molecule has 7 nitrogen and oxygen atoms in total. The highest BCUT2D eigenvalue weighted by molar-refractivity contribution is 5.84. The van der Waals surface area contributed by atoms with Crippen molar-refractivity contribution in [2.75, 3.05) is 7.11 Å². The number of rotatable bonds is 5. The number of hydrogen-bond acceptors (Lipinski definition) is 6. The number of nitrogens with one attached hydrogen (secondary N) is 1. The number of methoxy groups -OCH3 is 1. The molecule has 1 amide bonds. The van der Waals surface area contributed by atoms with E-state index in [2.05, 4.69) is 5.32 Å². The molecule has 0 spiro atoms. The Morgan fingerprint density at radius 3 is 2.34 bits per heavy atom. The van der Waals surface area contributed by atoms with Crippen molar-refractivity contribution in [2.45, 2.75) is 51.9 Å². The summed E-state index contributed by atoms with van der Waals surface area (Å²) < 4.78 is 15.8. The number of ether oxygens (including phenoxy) is 3. The molecule has 2 aliphatic rings. The van der Waals surface area contributed by atoms with E-state index in [1.165, 1.54) is 7.11 Å². The van der Waals surface area contributed by atoms with Crippen molar-refractivity contribution in [3.05, 3.63) is 35.9 Å². The number of amides is 1. The number of benzene rings is 1. The zero-order valence-corrected chi connectivity index (χ0v) is 17.3. The highest BCUT2D eigenvalue weighted by Crippen LogP contribution is 2.53. The van der Waals surface area contributed by atoms with Crippen LogP contribution in [0.1, 0.15) is 39.2 Å². The van der Waals surface area contributed by atoms with Gasteiger partial charge in [0.15, 0.2) is 0 Å². The number of carbonyl (C=O) groups excluding carboxylic acids is 3. The molecule has 1 aromatic carbocycles. The lowest BCUT2D eigenvalue weighted by atomic mass is 9.77. The molecule has 0 saturated heterocycles. The van der Waals surface area contributed by atoms with Gasteiger partial charge >= 0.3 is 18.0 Å². The second-order valence-corrected chi connectivity index (χ2v) is 8.82. The maximum atomic E-state index is 12.8. The van der Waals surface area contributed by atoms with Gasteiger partial charge in [-0.05, 0) is 51.0 Å². The van der Waals surface area contributed by atoms with Crippen LogP contribution in [0.5, 0.6) is 0 Å². The minimum Gasteiger partial charge on any atom is -0.469 e. The molecule has 0 aromatic heterocycles. The molecule has 29 heavy (non-hydrogen) atoms. The fraction of sp³-hybridized carbons (Fsp3) is 0.591. The zero-order valence-electron chi connectivity index (χ0n) is 17.3. The molecule has 2 aliphatic carbocycles. The van der Waals surface area contributed by atoms with Gasteiger partial charge < -0.3 is 19.5 Å². The summed E-state index contributed by atoms with van der Waals surface area (Å²) in [7, 11) is 1.32. The standard InChI is InChI=1S/C22H29NO6/c1-22(2,3)29-21(26)23-16-11-14-10-15(16)18(19(24)27-4)17(14)20(25)28-12-13-8-6-5-7-9-13/h5-9,14-18H,10-12H2,1-4H3,(H,23,26)/t14?,15?,16-,17-,18-/m0/s1. The molecule has 7 heteroatoms. The molecule has 2 bridgehead atoms. The first-order valence-electron chi connectivity index (χ1n) is 9.97. The van der Waals surface area contributed by atoms with Crippen molar-refractivity contribution in [2.24, 2.45) is 23.7 Å². The SMILES string of the molecule is COC(=O)[C@H]1C2CC(C[C@@H]2NC(=O)OC(C)(C)C)[C@@H]1C(=O)OCc1ccccc1. The van der Waals surface area contributed by atoms with E-state index < -0.39 is 29.5 Å². The maximum absolute atomic E-state index is 12.8. The van der Waals surface area contributed by atoms with Crippen molar-refractivity contribution in [1.82, 2.24) is 5.32 Å². The Labute approximate surface area is 171 Å². The van der Waals surface area contributed by atoms with Crippen molar-refractivity contribution >= 4 is 18.0 Å². The maximum Gasteiger partial charge on any atom is 0.407 e. The van der Waals surface area contributed by atoms with Gasteiger partial charge in [0.25, 0.3) is 0 Å². The fourth-order valence-corrected chi connectivity index (χ4v) is 4.61. The minimum atomic E-state index is -0.623. The predicted octanol–water partition coefficient (Wildman–Crippen LogP) is 3.07. The van der Waals surface area contributed by atoms with E-state index in [-0.39, 0.29) is 30.5 Å². The molecule has 158 valence electrons. The van der Waals surface area contributed by atoms with Gasteiger partial charge in [-0.25, -0.2) is 4.79 Å². The molecular weight excluding hydrogens is 374 g/mol. The van der Waals surface area contributed by atoms with Crippen LogP contribution in [0.3, 0.4) is 0 Å². The van der Waals surface area contributed by atoms with E-state index in [9.17, 15) is 14.4 Å². The second kappa shape index (κ2) is 8.43. The highest BCUT2D eigenvalue weighted by atomic mass is 16.6. The summed E-state index contributed by atoms with van der Waals surface area (Å²) >= 11 is 0. The highest BCUT2D eigenvalue weighted by Gasteiger charge is 2.59. The number of carbonyl (C=O) groups is 3. The first kappa shape index (κ1) is 21.1. The third kappa shape index (κ3) is 4.89. The number of fused-ring (bicyclic) bond motifs is 2. The summed E-state index contributed by atoms with van der Waals surface area (Å²) in [6, 6.07) is 9.19. The minimum absolute atomic E-state index is 0.0349. The molecule has 2 fully saturated rings. The van der Waals surface area contributed by atoms with Crippen LogP contribution in [-0.2, 0) is 30.4 Å². The van der Waals surface area contributed by atoms with Gasteiger partial charge in [-0.15, -0.1) is 0 Å². The van der Waals surface area contributed by atoms with Crippen molar-refractivity contribution in [1.29, 1.82) is 0 Å². The van der Waals surface area contributed by atoms with E-state index in [4.69, 9.17) is 14.2 Å². The average molecular weight is 403 g/mol. The van der Waals surface area contributed by atoms with Crippen LogP contribution in [0.15, 0.2) is 30.3 Å². The molecule has 2 saturated carbocycles. The second-order valence-electron chi connectivity index (χ2n) is 8.82. The van der Waals surface area contributed by atoms with Gasteiger partial charge in [-0.3, -0.25) is 9.59 Å². The van der Waals surface area contributed by atoms with Gasteiger partial charge in [0.1, 0.15) is 12.2 Å². The lowest BCUT2D eigenvalue weighted by molar-refractivity contribution is -0.163. The summed E-state index contributed by atoms with van der Waals surface area (Å²) in [5.41, 5.74) is 0.288. The summed E-state index contributed by atoms with van der Waals surface area (Å²) in [4.78, 5) is 37.5. The van der Waals surface area contributed by atoms with Gasteiger partial charge in [0, 0.05) is 6.04 Å². The van der Waals surface area contributed by atoms with Crippen LogP contribution >= 0.6 is 0 Å². The van der Waals surface area contributed by atoms with Crippen molar-refractivity contribution in [3.63, 3.8) is 0 Å². The van der Waals surface area contributed by atoms with Crippen LogP contribution in [0, 0.1) is 23.7 Å². The number of hydrogen-bond donors (Lipinski definition) is 1. The third-order valence-electron chi connectivity index (χ3n) is 5.68. The van der Waals surface area contributed by atoms with Crippen LogP contribution in [0.4, 0.5) is 4.79 Å². The lowest BCUT2D eigenvalue weighted by Crippen LogP contribution is -2.49. The Kier molecular flexibility index (Phi) is 6.15. The Bertz CT molecular complexity index is 756. The van der Waals surface area contributed by atoms with E-state index in [1.807, 2.05) is 30.3 Å². The first-order chi connectivity index (χ1) is 13.7. The summed E-state index contributed by atoms with van der Waals surface area (Å²) in [5.74, 6) is -2.20.